The highest BCUT2D eigenvalue weighted by Gasteiger charge is 2.19. The summed E-state index contributed by atoms with van der Waals surface area (Å²) in [7, 11) is 0. The molecule has 5 nitrogen and oxygen atoms in total. The van der Waals surface area contributed by atoms with Crippen molar-refractivity contribution in [1.82, 2.24) is 5.32 Å². The van der Waals surface area contributed by atoms with Gasteiger partial charge in [-0.05, 0) is 0 Å². The fraction of sp³-hybridized carbons (Fsp3) is 0.571. The first kappa shape index (κ1) is 9.02. The summed E-state index contributed by atoms with van der Waals surface area (Å²) in [5.74, 6) is 0. The topological polar surface area (TPSA) is 78.8 Å². The Kier molecular flexibility index (Phi) is 3.07. The Balaban J connectivity index is 2.23. The van der Waals surface area contributed by atoms with E-state index >= 15 is 0 Å². The van der Waals surface area contributed by atoms with Crippen LogP contribution in [0, 0.1) is 0 Å². The molecule has 1 aliphatic heterocycles. The highest BCUT2D eigenvalue weighted by atomic mass is 16.5. The van der Waals surface area contributed by atoms with Crippen LogP contribution in [-0.2, 0) is 4.74 Å². The van der Waals surface area contributed by atoms with Crippen LogP contribution in [-0.4, -0.2) is 41.7 Å². The second-order valence-electron chi connectivity index (χ2n) is 2.48. The SMILES string of the molecule is O=C(O)NC[C@H](O)[C@@H]1C=CCO1. The maximum atomic E-state index is 10.0. The molecule has 0 aromatic rings. The lowest BCUT2D eigenvalue weighted by Gasteiger charge is -2.15. The molecule has 0 aromatic heterocycles. The number of amides is 1. The molecule has 0 spiro atoms. The Labute approximate surface area is 69.6 Å². The number of ether oxygens (including phenoxy) is 1. The van der Waals surface area contributed by atoms with Gasteiger partial charge >= 0.3 is 6.09 Å². The zero-order valence-electron chi connectivity index (χ0n) is 6.43. The minimum Gasteiger partial charge on any atom is -0.465 e. The van der Waals surface area contributed by atoms with Gasteiger partial charge in [0.25, 0.3) is 0 Å². The van der Waals surface area contributed by atoms with Gasteiger partial charge in [0.1, 0.15) is 12.2 Å². The van der Waals surface area contributed by atoms with Crippen LogP contribution >= 0.6 is 0 Å². The third kappa shape index (κ3) is 2.52. The first-order chi connectivity index (χ1) is 5.70. The number of rotatable bonds is 3. The number of carbonyl (C=O) groups is 1. The van der Waals surface area contributed by atoms with Crippen molar-refractivity contribution in [3.05, 3.63) is 12.2 Å². The Bertz CT molecular complexity index is 192. The molecular formula is C7H11NO4. The number of hydrogen-bond donors (Lipinski definition) is 3. The van der Waals surface area contributed by atoms with Crippen LogP contribution in [0.5, 0.6) is 0 Å². The Morgan fingerprint density at radius 2 is 2.58 bits per heavy atom. The summed E-state index contributed by atoms with van der Waals surface area (Å²) in [6, 6.07) is 0. The van der Waals surface area contributed by atoms with Gasteiger partial charge in [0.2, 0.25) is 0 Å². The van der Waals surface area contributed by atoms with E-state index in [9.17, 15) is 9.90 Å². The summed E-state index contributed by atoms with van der Waals surface area (Å²) >= 11 is 0. The fourth-order valence-electron chi connectivity index (χ4n) is 0.959. The van der Waals surface area contributed by atoms with E-state index in [4.69, 9.17) is 9.84 Å². The number of carboxylic acid groups (broad SMARTS) is 1. The number of nitrogens with one attached hydrogen (secondary N) is 1. The zero-order valence-corrected chi connectivity index (χ0v) is 6.43. The Morgan fingerprint density at radius 1 is 1.83 bits per heavy atom. The van der Waals surface area contributed by atoms with E-state index in [0.717, 1.165) is 0 Å². The third-order valence-corrected chi connectivity index (χ3v) is 1.55. The van der Waals surface area contributed by atoms with Crippen LogP contribution in [0.15, 0.2) is 12.2 Å². The highest BCUT2D eigenvalue weighted by Crippen LogP contribution is 2.07. The summed E-state index contributed by atoms with van der Waals surface area (Å²) in [4.78, 5) is 10.0. The van der Waals surface area contributed by atoms with Crippen molar-refractivity contribution in [2.75, 3.05) is 13.2 Å². The second-order valence-corrected chi connectivity index (χ2v) is 2.48. The molecule has 0 saturated heterocycles. The van der Waals surface area contributed by atoms with Gasteiger partial charge in [-0.15, -0.1) is 0 Å². The summed E-state index contributed by atoms with van der Waals surface area (Å²) in [6.07, 6.45) is 1.18. The molecule has 0 bridgehead atoms. The van der Waals surface area contributed by atoms with E-state index in [1.807, 2.05) is 0 Å². The maximum Gasteiger partial charge on any atom is 0.404 e. The van der Waals surface area contributed by atoms with E-state index in [1.54, 1.807) is 12.2 Å². The summed E-state index contributed by atoms with van der Waals surface area (Å²) < 4.78 is 5.05. The van der Waals surface area contributed by atoms with E-state index in [1.165, 1.54) is 0 Å². The van der Waals surface area contributed by atoms with Crippen molar-refractivity contribution >= 4 is 6.09 Å². The van der Waals surface area contributed by atoms with Gasteiger partial charge in [-0.1, -0.05) is 12.2 Å². The van der Waals surface area contributed by atoms with E-state index in [0.29, 0.717) is 6.61 Å². The van der Waals surface area contributed by atoms with Crippen molar-refractivity contribution in [1.29, 1.82) is 0 Å². The normalized spacial score (nSPS) is 23.9. The quantitative estimate of drug-likeness (QED) is 0.506. The van der Waals surface area contributed by atoms with E-state index in [2.05, 4.69) is 5.32 Å². The zero-order chi connectivity index (χ0) is 8.97. The molecule has 0 aromatic carbocycles. The van der Waals surface area contributed by atoms with Crippen LogP contribution in [0.4, 0.5) is 4.79 Å². The lowest BCUT2D eigenvalue weighted by atomic mass is 10.2. The predicted octanol–water partition coefficient (Wildman–Crippen LogP) is -0.430. The first-order valence-corrected chi connectivity index (χ1v) is 3.63. The van der Waals surface area contributed by atoms with Gasteiger partial charge in [0.15, 0.2) is 0 Å². The van der Waals surface area contributed by atoms with Crippen molar-refractivity contribution < 1.29 is 19.7 Å². The predicted molar refractivity (Wildman–Crippen MR) is 40.9 cm³/mol. The van der Waals surface area contributed by atoms with Crippen LogP contribution in [0.3, 0.4) is 0 Å². The molecule has 68 valence electrons. The molecule has 0 fully saturated rings. The number of aliphatic hydroxyl groups excluding tert-OH is 1. The standard InChI is InChI=1S/C7H11NO4/c9-5(4-8-7(10)11)6-2-1-3-12-6/h1-2,5-6,8-9H,3-4H2,(H,10,11)/t5-,6-/m0/s1. The van der Waals surface area contributed by atoms with Crippen molar-refractivity contribution in [3.63, 3.8) is 0 Å². The average molecular weight is 173 g/mol. The van der Waals surface area contributed by atoms with Gasteiger partial charge in [-0.25, -0.2) is 4.79 Å². The molecule has 2 atom stereocenters. The Hall–Kier alpha value is -1.07. The molecule has 1 rings (SSSR count). The summed E-state index contributed by atoms with van der Waals surface area (Å²) in [5, 5.41) is 19.6. The smallest absolute Gasteiger partial charge is 0.404 e. The molecule has 1 amide bonds. The Morgan fingerprint density at radius 3 is 3.08 bits per heavy atom. The van der Waals surface area contributed by atoms with E-state index in [-0.39, 0.29) is 12.6 Å². The highest BCUT2D eigenvalue weighted by molar-refractivity contribution is 5.64. The molecule has 0 unspecified atom stereocenters. The van der Waals surface area contributed by atoms with Crippen LogP contribution < -0.4 is 5.32 Å². The van der Waals surface area contributed by atoms with Gasteiger partial charge in [0, 0.05) is 6.54 Å². The minimum atomic E-state index is -1.14. The third-order valence-electron chi connectivity index (χ3n) is 1.55. The van der Waals surface area contributed by atoms with Gasteiger partial charge in [0.05, 0.1) is 6.61 Å². The van der Waals surface area contributed by atoms with Gasteiger partial charge in [-0.2, -0.15) is 0 Å². The molecular weight excluding hydrogens is 162 g/mol. The second kappa shape index (κ2) is 4.08. The number of aliphatic hydroxyl groups is 1. The van der Waals surface area contributed by atoms with Gasteiger partial charge < -0.3 is 20.3 Å². The first-order valence-electron chi connectivity index (χ1n) is 3.63. The molecule has 1 aliphatic rings. The summed E-state index contributed by atoms with van der Waals surface area (Å²) in [5.41, 5.74) is 0. The minimum absolute atomic E-state index is 0.00958. The molecule has 3 N–H and O–H groups in total. The van der Waals surface area contributed by atoms with Crippen LogP contribution in [0.1, 0.15) is 0 Å². The van der Waals surface area contributed by atoms with Gasteiger partial charge in [-0.3, -0.25) is 0 Å². The van der Waals surface area contributed by atoms with Crippen molar-refractivity contribution in [2.45, 2.75) is 12.2 Å². The molecule has 0 saturated carbocycles. The lowest BCUT2D eigenvalue weighted by molar-refractivity contribution is 0.0146. The molecule has 12 heavy (non-hydrogen) atoms. The molecule has 5 heteroatoms. The largest absolute Gasteiger partial charge is 0.465 e. The average Bonchev–Trinajstić information content (AvgIpc) is 2.51. The van der Waals surface area contributed by atoms with Crippen molar-refractivity contribution in [3.8, 4) is 0 Å². The fourth-order valence-corrected chi connectivity index (χ4v) is 0.959. The summed E-state index contributed by atoms with van der Waals surface area (Å²) in [6.45, 7) is 0.471. The van der Waals surface area contributed by atoms with Crippen molar-refractivity contribution in [2.24, 2.45) is 0 Å². The molecule has 0 aliphatic carbocycles. The maximum absolute atomic E-state index is 10.0. The molecule has 1 heterocycles. The van der Waals surface area contributed by atoms with Crippen LogP contribution in [0.25, 0.3) is 0 Å². The van der Waals surface area contributed by atoms with E-state index < -0.39 is 12.2 Å². The monoisotopic (exact) mass is 173 g/mol. The molecule has 0 radical (unpaired) electrons. The lowest BCUT2D eigenvalue weighted by Crippen LogP contribution is -2.37. The van der Waals surface area contributed by atoms with Crippen LogP contribution in [0.2, 0.25) is 0 Å². The number of hydrogen-bond acceptors (Lipinski definition) is 3.